The maximum atomic E-state index is 9.41. The van der Waals surface area contributed by atoms with Gasteiger partial charge in [-0.25, -0.2) is 0 Å². The van der Waals surface area contributed by atoms with Gasteiger partial charge in [0.1, 0.15) is 0 Å². The van der Waals surface area contributed by atoms with E-state index in [-0.39, 0.29) is 17.6 Å². The predicted molar refractivity (Wildman–Crippen MR) is 65.4 cm³/mol. The molecule has 0 radical (unpaired) electrons. The minimum Gasteiger partial charge on any atom is -0.416 e. The second-order valence-corrected chi connectivity index (χ2v) is 10.6. The third-order valence-electron chi connectivity index (χ3n) is 3.36. The van der Waals surface area contributed by atoms with Crippen LogP contribution in [0.4, 0.5) is 0 Å². The molecule has 0 aliphatic carbocycles. The van der Waals surface area contributed by atoms with E-state index in [4.69, 9.17) is 9.53 Å². The molecule has 92 valence electrons. The third kappa shape index (κ3) is 4.63. The lowest BCUT2D eigenvalue weighted by atomic mass is 10.1. The molecular formula is C11H26O3Si. The van der Waals surface area contributed by atoms with Crippen molar-refractivity contribution in [2.45, 2.75) is 51.9 Å². The molecule has 3 nitrogen and oxygen atoms in total. The molecule has 0 saturated heterocycles. The highest BCUT2D eigenvalue weighted by Crippen LogP contribution is 2.36. The first-order valence-electron chi connectivity index (χ1n) is 5.54. The van der Waals surface area contributed by atoms with E-state index in [9.17, 15) is 5.11 Å². The number of aliphatic hydroxyl groups is 2. The molecule has 0 saturated carbocycles. The molecule has 0 spiro atoms. The average molecular weight is 234 g/mol. The van der Waals surface area contributed by atoms with E-state index in [1.54, 1.807) is 0 Å². The summed E-state index contributed by atoms with van der Waals surface area (Å²) in [5, 5.41) is 18.4. The minimum absolute atomic E-state index is 0.0101. The molecule has 0 unspecified atom stereocenters. The van der Waals surface area contributed by atoms with Gasteiger partial charge in [-0.1, -0.05) is 27.7 Å². The molecule has 0 heterocycles. The largest absolute Gasteiger partial charge is 0.416 e. The molecule has 2 N–H and O–H groups in total. The van der Waals surface area contributed by atoms with Gasteiger partial charge in [-0.2, -0.15) is 0 Å². The van der Waals surface area contributed by atoms with Gasteiger partial charge in [0.05, 0.1) is 12.7 Å². The molecule has 0 fully saturated rings. The number of rotatable bonds is 5. The molecule has 4 heteroatoms. The summed E-state index contributed by atoms with van der Waals surface area (Å²) in [6, 6.07) is 0. The van der Waals surface area contributed by atoms with Crippen LogP contribution >= 0.6 is 0 Å². The molecule has 0 amide bonds. The van der Waals surface area contributed by atoms with E-state index in [0.29, 0.717) is 6.61 Å². The van der Waals surface area contributed by atoms with Crippen LogP contribution in [0.1, 0.15) is 27.7 Å². The van der Waals surface area contributed by atoms with Crippen molar-refractivity contribution in [3.05, 3.63) is 0 Å². The summed E-state index contributed by atoms with van der Waals surface area (Å²) in [6.07, 6.45) is -0.672. The topological polar surface area (TPSA) is 49.7 Å². The molecule has 15 heavy (non-hydrogen) atoms. The van der Waals surface area contributed by atoms with Crippen LogP contribution in [-0.2, 0) is 4.43 Å². The number of aliphatic hydroxyl groups excluding tert-OH is 2. The normalized spacial score (nSPS) is 17.6. The van der Waals surface area contributed by atoms with Crippen LogP contribution in [0.5, 0.6) is 0 Å². The predicted octanol–water partition coefficient (Wildman–Crippen LogP) is 2.00. The van der Waals surface area contributed by atoms with Crippen molar-refractivity contribution in [3.63, 3.8) is 0 Å². The lowest BCUT2D eigenvalue weighted by Crippen LogP contribution is -2.43. The zero-order valence-electron chi connectivity index (χ0n) is 10.9. The Morgan fingerprint density at radius 3 is 2.07 bits per heavy atom. The first kappa shape index (κ1) is 15.1. The van der Waals surface area contributed by atoms with Gasteiger partial charge in [-0.3, -0.25) is 0 Å². The summed E-state index contributed by atoms with van der Waals surface area (Å²) in [6.45, 7) is 13.2. The van der Waals surface area contributed by atoms with Crippen molar-refractivity contribution in [1.82, 2.24) is 0 Å². The Hall–Kier alpha value is 0.0969. The van der Waals surface area contributed by atoms with Crippen molar-refractivity contribution in [2.75, 3.05) is 13.2 Å². The molecule has 2 atom stereocenters. The van der Waals surface area contributed by atoms with Gasteiger partial charge in [0.15, 0.2) is 8.32 Å². The van der Waals surface area contributed by atoms with Crippen molar-refractivity contribution >= 4 is 8.32 Å². The van der Waals surface area contributed by atoms with Crippen molar-refractivity contribution in [2.24, 2.45) is 5.92 Å². The standard InChI is InChI=1S/C11H26O3Si/c1-9(10(13)7-12)8-14-15(5,6)11(2,3)4/h9-10,12-13H,7-8H2,1-6H3/t9-,10-/m1/s1. The van der Waals surface area contributed by atoms with Crippen LogP contribution in [0.25, 0.3) is 0 Å². The zero-order chi connectivity index (χ0) is 12.3. The Balaban J connectivity index is 4.16. The number of hydrogen-bond acceptors (Lipinski definition) is 3. The SMILES string of the molecule is C[C@H](CO[Si](C)(C)C(C)(C)C)[C@H](O)CO. The first-order chi connectivity index (χ1) is 6.62. The summed E-state index contributed by atoms with van der Waals surface area (Å²) >= 11 is 0. The van der Waals surface area contributed by atoms with Gasteiger partial charge in [-0.05, 0) is 18.1 Å². The van der Waals surface area contributed by atoms with Gasteiger partial charge in [0, 0.05) is 12.5 Å². The van der Waals surface area contributed by atoms with E-state index in [1.807, 2.05) is 6.92 Å². The molecule has 0 bridgehead atoms. The zero-order valence-corrected chi connectivity index (χ0v) is 11.9. The summed E-state index contributed by atoms with van der Waals surface area (Å²) in [4.78, 5) is 0. The van der Waals surface area contributed by atoms with E-state index in [2.05, 4.69) is 33.9 Å². The van der Waals surface area contributed by atoms with Gasteiger partial charge in [-0.15, -0.1) is 0 Å². The van der Waals surface area contributed by atoms with Crippen LogP contribution in [0.3, 0.4) is 0 Å². The summed E-state index contributed by atoms with van der Waals surface area (Å²) < 4.78 is 5.95. The first-order valence-corrected chi connectivity index (χ1v) is 8.45. The molecular weight excluding hydrogens is 208 g/mol. The van der Waals surface area contributed by atoms with Gasteiger partial charge >= 0.3 is 0 Å². The molecule has 0 aliphatic heterocycles. The smallest absolute Gasteiger partial charge is 0.191 e. The van der Waals surface area contributed by atoms with Crippen molar-refractivity contribution in [1.29, 1.82) is 0 Å². The fraction of sp³-hybridized carbons (Fsp3) is 1.00. The van der Waals surface area contributed by atoms with Gasteiger partial charge in [0.25, 0.3) is 0 Å². The van der Waals surface area contributed by atoms with Crippen LogP contribution in [-0.4, -0.2) is 37.8 Å². The summed E-state index contributed by atoms with van der Waals surface area (Å²) in [5.41, 5.74) is 0. The molecule has 0 aliphatic rings. The monoisotopic (exact) mass is 234 g/mol. The maximum Gasteiger partial charge on any atom is 0.191 e. The molecule has 0 aromatic carbocycles. The Morgan fingerprint density at radius 1 is 1.27 bits per heavy atom. The van der Waals surface area contributed by atoms with E-state index >= 15 is 0 Å². The summed E-state index contributed by atoms with van der Waals surface area (Å²) in [7, 11) is -1.72. The lowest BCUT2D eigenvalue weighted by molar-refractivity contribution is 0.0324. The number of hydrogen-bond donors (Lipinski definition) is 2. The van der Waals surface area contributed by atoms with Crippen molar-refractivity contribution < 1.29 is 14.6 Å². The van der Waals surface area contributed by atoms with Crippen LogP contribution in [0, 0.1) is 5.92 Å². The van der Waals surface area contributed by atoms with E-state index in [0.717, 1.165) is 0 Å². The van der Waals surface area contributed by atoms with Crippen molar-refractivity contribution in [3.8, 4) is 0 Å². The minimum atomic E-state index is -1.72. The fourth-order valence-corrected chi connectivity index (χ4v) is 1.96. The Kier molecular flexibility index (Phi) is 5.47. The molecule has 0 rings (SSSR count). The highest BCUT2D eigenvalue weighted by molar-refractivity contribution is 6.74. The van der Waals surface area contributed by atoms with E-state index in [1.165, 1.54) is 0 Å². The Morgan fingerprint density at radius 2 is 1.73 bits per heavy atom. The highest BCUT2D eigenvalue weighted by Gasteiger charge is 2.37. The average Bonchev–Trinajstić information content (AvgIpc) is 2.11. The molecule has 0 aromatic heterocycles. The van der Waals surface area contributed by atoms with Crippen LogP contribution < -0.4 is 0 Å². The second kappa shape index (κ2) is 5.43. The van der Waals surface area contributed by atoms with Crippen LogP contribution in [0.2, 0.25) is 18.1 Å². The second-order valence-electron chi connectivity index (χ2n) is 5.80. The lowest BCUT2D eigenvalue weighted by Gasteiger charge is -2.37. The Labute approximate surface area is 94.6 Å². The van der Waals surface area contributed by atoms with E-state index < -0.39 is 14.4 Å². The Bertz CT molecular complexity index is 187. The molecule has 0 aromatic rings. The maximum absolute atomic E-state index is 9.41. The fourth-order valence-electron chi connectivity index (χ4n) is 0.847. The summed E-state index contributed by atoms with van der Waals surface area (Å²) in [5.74, 6) is -0.0101. The van der Waals surface area contributed by atoms with Gasteiger partial charge < -0.3 is 14.6 Å². The quantitative estimate of drug-likeness (QED) is 0.715. The van der Waals surface area contributed by atoms with Gasteiger partial charge in [0.2, 0.25) is 0 Å². The highest BCUT2D eigenvalue weighted by atomic mass is 28.4. The third-order valence-corrected chi connectivity index (χ3v) is 7.86. The van der Waals surface area contributed by atoms with Crippen LogP contribution in [0.15, 0.2) is 0 Å².